The maximum absolute atomic E-state index is 13.0. The molecule has 1 amide bonds. The Labute approximate surface area is 178 Å². The van der Waals surface area contributed by atoms with Crippen LogP contribution in [-0.4, -0.2) is 29.0 Å². The highest BCUT2D eigenvalue weighted by atomic mass is 79.9. The van der Waals surface area contributed by atoms with Gasteiger partial charge in [0, 0.05) is 28.8 Å². The number of carbonyl (C=O) groups excluding carboxylic acids is 1. The highest BCUT2D eigenvalue weighted by Crippen LogP contribution is 2.33. The van der Waals surface area contributed by atoms with Gasteiger partial charge in [-0.3, -0.25) is 4.79 Å². The number of anilines is 2. The largest absolute Gasteiger partial charge is 0.443 e. The fraction of sp³-hybridized carbons (Fsp3) is 0.409. The molecule has 1 aliphatic heterocycles. The second-order valence-electron chi connectivity index (χ2n) is 7.79. The molecule has 1 saturated heterocycles. The van der Waals surface area contributed by atoms with Crippen molar-refractivity contribution in [2.24, 2.45) is 5.92 Å². The third kappa shape index (κ3) is 3.88. The summed E-state index contributed by atoms with van der Waals surface area (Å²) in [4.78, 5) is 24.4. The number of fused-ring (bicyclic) bond motifs is 1. The number of amides is 1. The number of furan rings is 1. The van der Waals surface area contributed by atoms with Gasteiger partial charge < -0.3 is 14.6 Å². The molecule has 29 heavy (non-hydrogen) atoms. The van der Waals surface area contributed by atoms with E-state index in [4.69, 9.17) is 9.40 Å². The summed E-state index contributed by atoms with van der Waals surface area (Å²) in [5.74, 6) is 2.38. The number of piperidine rings is 1. The summed E-state index contributed by atoms with van der Waals surface area (Å²) in [5.41, 5.74) is 3.58. The van der Waals surface area contributed by atoms with Gasteiger partial charge in [-0.15, -0.1) is 0 Å². The SMILES string of the molecule is Cc1nc(N2CCC[C@@H](C(=O)Nc3ccc(Br)cc3C)C2)c2c(C)c(C)oc2n1. The van der Waals surface area contributed by atoms with Gasteiger partial charge in [-0.05, 0) is 64.3 Å². The Balaban J connectivity index is 1.59. The van der Waals surface area contributed by atoms with E-state index in [9.17, 15) is 4.79 Å². The number of aryl methyl sites for hydroxylation is 4. The normalized spacial score (nSPS) is 17.0. The first-order chi connectivity index (χ1) is 13.8. The van der Waals surface area contributed by atoms with E-state index >= 15 is 0 Å². The van der Waals surface area contributed by atoms with E-state index in [1.54, 1.807) is 0 Å². The lowest BCUT2D eigenvalue weighted by Crippen LogP contribution is -2.41. The lowest BCUT2D eigenvalue weighted by atomic mass is 9.96. The zero-order valence-electron chi connectivity index (χ0n) is 17.2. The van der Waals surface area contributed by atoms with Crippen LogP contribution in [0.5, 0.6) is 0 Å². The molecule has 0 saturated carbocycles. The molecule has 1 N–H and O–H groups in total. The summed E-state index contributed by atoms with van der Waals surface area (Å²) in [6.45, 7) is 9.36. The van der Waals surface area contributed by atoms with Crippen molar-refractivity contribution in [2.75, 3.05) is 23.3 Å². The first kappa shape index (κ1) is 19.9. The minimum absolute atomic E-state index is 0.0576. The fourth-order valence-corrected chi connectivity index (χ4v) is 4.42. The molecule has 6 nitrogen and oxygen atoms in total. The van der Waals surface area contributed by atoms with Crippen LogP contribution in [-0.2, 0) is 4.79 Å². The fourth-order valence-electron chi connectivity index (χ4n) is 3.95. The smallest absolute Gasteiger partial charge is 0.231 e. The first-order valence-corrected chi connectivity index (χ1v) is 10.7. The van der Waals surface area contributed by atoms with Crippen LogP contribution in [0, 0.1) is 33.6 Å². The third-order valence-electron chi connectivity index (χ3n) is 5.66. The Hall–Kier alpha value is -2.41. The van der Waals surface area contributed by atoms with Gasteiger partial charge in [-0.1, -0.05) is 15.9 Å². The van der Waals surface area contributed by atoms with Crippen LogP contribution in [0.25, 0.3) is 11.1 Å². The van der Waals surface area contributed by atoms with Gasteiger partial charge in [0.1, 0.15) is 17.4 Å². The molecule has 0 spiro atoms. The molecule has 3 aromatic rings. The quantitative estimate of drug-likeness (QED) is 0.595. The average molecular weight is 457 g/mol. The van der Waals surface area contributed by atoms with Crippen LogP contribution < -0.4 is 10.2 Å². The van der Waals surface area contributed by atoms with Gasteiger partial charge in [0.05, 0.1) is 11.3 Å². The Bertz CT molecular complexity index is 1090. The van der Waals surface area contributed by atoms with Gasteiger partial charge in [-0.2, -0.15) is 4.98 Å². The zero-order valence-corrected chi connectivity index (χ0v) is 18.8. The number of nitrogens with zero attached hydrogens (tertiary/aromatic N) is 3. The lowest BCUT2D eigenvalue weighted by Gasteiger charge is -2.33. The molecule has 3 heterocycles. The average Bonchev–Trinajstić information content (AvgIpc) is 2.97. The van der Waals surface area contributed by atoms with Crippen LogP contribution in [0.2, 0.25) is 0 Å². The minimum Gasteiger partial charge on any atom is -0.443 e. The van der Waals surface area contributed by atoms with Gasteiger partial charge in [0.15, 0.2) is 0 Å². The molecule has 0 radical (unpaired) electrons. The highest BCUT2D eigenvalue weighted by molar-refractivity contribution is 9.10. The Morgan fingerprint density at radius 3 is 2.79 bits per heavy atom. The van der Waals surface area contributed by atoms with Gasteiger partial charge >= 0.3 is 0 Å². The summed E-state index contributed by atoms with van der Waals surface area (Å²) >= 11 is 3.47. The molecule has 0 aliphatic carbocycles. The predicted molar refractivity (Wildman–Crippen MR) is 118 cm³/mol. The number of hydrogen-bond donors (Lipinski definition) is 1. The van der Waals surface area contributed by atoms with Crippen LogP contribution in [0.1, 0.15) is 35.6 Å². The van der Waals surface area contributed by atoms with Crippen LogP contribution in [0.15, 0.2) is 27.1 Å². The minimum atomic E-state index is -0.0922. The maximum Gasteiger partial charge on any atom is 0.231 e. The molecule has 1 atom stereocenters. The lowest BCUT2D eigenvalue weighted by molar-refractivity contribution is -0.120. The zero-order chi connectivity index (χ0) is 20.7. The van der Waals surface area contributed by atoms with E-state index in [2.05, 4.69) is 31.1 Å². The Morgan fingerprint density at radius 2 is 2.03 bits per heavy atom. The van der Waals surface area contributed by atoms with E-state index in [1.807, 2.05) is 45.9 Å². The van der Waals surface area contributed by atoms with Crippen LogP contribution in [0.3, 0.4) is 0 Å². The number of aromatic nitrogens is 2. The summed E-state index contributed by atoms with van der Waals surface area (Å²) in [7, 11) is 0. The second kappa shape index (κ2) is 7.78. The van der Waals surface area contributed by atoms with Crippen LogP contribution >= 0.6 is 15.9 Å². The molecular formula is C22H25BrN4O2. The van der Waals surface area contributed by atoms with Gasteiger partial charge in [0.2, 0.25) is 11.6 Å². The molecule has 1 aliphatic rings. The van der Waals surface area contributed by atoms with Gasteiger partial charge in [0.25, 0.3) is 0 Å². The molecular weight excluding hydrogens is 432 g/mol. The monoisotopic (exact) mass is 456 g/mol. The molecule has 1 aromatic carbocycles. The van der Waals surface area contributed by atoms with E-state index in [0.717, 1.165) is 57.6 Å². The second-order valence-corrected chi connectivity index (χ2v) is 8.71. The summed E-state index contributed by atoms with van der Waals surface area (Å²) in [6, 6.07) is 5.89. The first-order valence-electron chi connectivity index (χ1n) is 9.90. The number of benzene rings is 1. The van der Waals surface area contributed by atoms with Crippen molar-refractivity contribution in [3.8, 4) is 0 Å². The van der Waals surface area contributed by atoms with E-state index in [0.29, 0.717) is 18.1 Å². The van der Waals surface area contributed by atoms with E-state index < -0.39 is 0 Å². The number of rotatable bonds is 3. The Morgan fingerprint density at radius 1 is 1.24 bits per heavy atom. The van der Waals surface area contributed by atoms with E-state index in [-0.39, 0.29) is 11.8 Å². The standard InChI is InChI=1S/C22H25BrN4O2/c1-12-10-17(23)7-8-18(12)26-21(28)16-6-5-9-27(11-16)20-19-13(2)14(3)29-22(19)25-15(4)24-20/h7-8,10,16H,5-6,9,11H2,1-4H3,(H,26,28)/t16-/m1/s1. The van der Waals surface area contributed by atoms with Crippen LogP contribution in [0.4, 0.5) is 11.5 Å². The number of carbonyl (C=O) groups is 1. The van der Waals surface area contributed by atoms with Crippen molar-refractivity contribution in [1.29, 1.82) is 0 Å². The molecule has 152 valence electrons. The van der Waals surface area contributed by atoms with Crippen molar-refractivity contribution < 1.29 is 9.21 Å². The number of hydrogen-bond acceptors (Lipinski definition) is 5. The highest BCUT2D eigenvalue weighted by Gasteiger charge is 2.29. The predicted octanol–water partition coefficient (Wildman–Crippen LogP) is 5.07. The van der Waals surface area contributed by atoms with E-state index in [1.165, 1.54) is 0 Å². The molecule has 0 bridgehead atoms. The molecule has 7 heteroatoms. The summed E-state index contributed by atoms with van der Waals surface area (Å²) < 4.78 is 6.83. The van der Waals surface area contributed by atoms with Crippen molar-refractivity contribution >= 4 is 44.4 Å². The maximum atomic E-state index is 13.0. The molecule has 0 unspecified atom stereocenters. The van der Waals surface area contributed by atoms with Crippen molar-refractivity contribution in [3.63, 3.8) is 0 Å². The third-order valence-corrected chi connectivity index (χ3v) is 6.15. The summed E-state index contributed by atoms with van der Waals surface area (Å²) in [6.07, 6.45) is 1.81. The summed E-state index contributed by atoms with van der Waals surface area (Å²) in [5, 5.41) is 4.06. The van der Waals surface area contributed by atoms with Crippen molar-refractivity contribution in [2.45, 2.75) is 40.5 Å². The topological polar surface area (TPSA) is 71.3 Å². The Kier molecular flexibility index (Phi) is 5.34. The van der Waals surface area contributed by atoms with Gasteiger partial charge in [-0.25, -0.2) is 4.98 Å². The molecule has 4 rings (SSSR count). The van der Waals surface area contributed by atoms with Crippen molar-refractivity contribution in [1.82, 2.24) is 9.97 Å². The number of nitrogens with one attached hydrogen (secondary N) is 1. The molecule has 1 fully saturated rings. The number of halogens is 1. The molecule has 2 aromatic heterocycles. The van der Waals surface area contributed by atoms with Crippen molar-refractivity contribution in [3.05, 3.63) is 45.4 Å².